The number of sulfone groups is 1. The molecule has 1 aromatic heterocycles. The van der Waals surface area contributed by atoms with Crippen molar-refractivity contribution in [3.05, 3.63) is 77.7 Å². The molecule has 0 aliphatic carbocycles. The molecular weight excluding hydrogens is 465 g/mol. The third-order valence-corrected chi connectivity index (χ3v) is 7.81. The Morgan fingerprint density at radius 2 is 1.73 bits per heavy atom. The molecule has 170 valence electrons. The highest BCUT2D eigenvalue weighted by atomic mass is 32.2. The topological polar surface area (TPSA) is 96.5 Å². The number of carbonyl (C=O) groups is 1. The molecule has 0 unspecified atom stereocenters. The molecule has 0 aliphatic heterocycles. The van der Waals surface area contributed by atoms with E-state index in [0.717, 1.165) is 28.2 Å². The average molecular weight is 486 g/mol. The minimum Gasteiger partial charge on any atom is -0.481 e. The number of thioether (sulfide) groups is 1. The fraction of sp³-hybridized carbons (Fsp3) is 0.125. The monoisotopic (exact) mass is 485 g/mol. The van der Waals surface area contributed by atoms with Crippen LogP contribution in [0.5, 0.6) is 11.5 Å². The number of aromatic amines is 1. The maximum absolute atomic E-state index is 13.3. The lowest BCUT2D eigenvalue weighted by Crippen LogP contribution is -2.01. The first-order valence-electron chi connectivity index (χ1n) is 9.90. The Bertz CT molecular complexity index is 1440. The highest BCUT2D eigenvalue weighted by molar-refractivity contribution is 8.00. The van der Waals surface area contributed by atoms with Gasteiger partial charge in [-0.2, -0.15) is 0 Å². The van der Waals surface area contributed by atoms with E-state index in [1.165, 1.54) is 30.1 Å². The predicted molar refractivity (Wildman–Crippen MR) is 125 cm³/mol. The molecule has 0 bridgehead atoms. The fourth-order valence-electron chi connectivity index (χ4n) is 3.52. The van der Waals surface area contributed by atoms with E-state index in [4.69, 9.17) is 9.84 Å². The van der Waals surface area contributed by atoms with Crippen LogP contribution in [0.25, 0.3) is 10.9 Å². The number of aliphatic carboxylic acids is 1. The Balaban J connectivity index is 1.68. The molecule has 1 heterocycles. The molecule has 0 saturated heterocycles. The summed E-state index contributed by atoms with van der Waals surface area (Å²) < 4.78 is 45.6. The van der Waals surface area contributed by atoms with Crippen LogP contribution in [-0.4, -0.2) is 30.2 Å². The minimum atomic E-state index is -3.87. The Morgan fingerprint density at radius 3 is 2.36 bits per heavy atom. The van der Waals surface area contributed by atoms with Crippen LogP contribution in [0.15, 0.2) is 75.5 Å². The zero-order valence-corrected chi connectivity index (χ0v) is 19.4. The van der Waals surface area contributed by atoms with Gasteiger partial charge in [0.05, 0.1) is 15.5 Å². The normalized spacial score (nSPS) is 11.6. The molecule has 3 aromatic carbocycles. The quantitative estimate of drug-likeness (QED) is 0.257. The standard InChI is InChI=1S/C24H20FNO5S2/c1-14-9-18(32-13-23(27)28)10-15(2)24(14)31-17-5-8-21-20(11-17)22(12-26-21)33(29,30)19-6-3-16(25)4-7-19/h3-12,26H,13H2,1-2H3,(H,27,28). The predicted octanol–water partition coefficient (Wildman–Crippen LogP) is 5.73. The van der Waals surface area contributed by atoms with E-state index in [-0.39, 0.29) is 15.5 Å². The van der Waals surface area contributed by atoms with Crippen LogP contribution < -0.4 is 4.74 Å². The zero-order chi connectivity index (χ0) is 23.8. The number of fused-ring (bicyclic) bond motifs is 1. The second-order valence-corrected chi connectivity index (χ2v) is 10.5. The summed E-state index contributed by atoms with van der Waals surface area (Å²) in [7, 11) is -3.87. The number of hydrogen-bond acceptors (Lipinski definition) is 5. The minimum absolute atomic E-state index is 0.00254. The number of H-pyrrole nitrogens is 1. The highest BCUT2D eigenvalue weighted by Crippen LogP contribution is 2.36. The van der Waals surface area contributed by atoms with Gasteiger partial charge in [-0.05, 0) is 79.6 Å². The fourth-order valence-corrected chi connectivity index (χ4v) is 5.75. The van der Waals surface area contributed by atoms with Gasteiger partial charge in [0.15, 0.2) is 0 Å². The van der Waals surface area contributed by atoms with Crippen molar-refractivity contribution in [1.82, 2.24) is 4.98 Å². The van der Waals surface area contributed by atoms with E-state index in [9.17, 15) is 17.6 Å². The van der Waals surface area contributed by atoms with Crippen LogP contribution >= 0.6 is 11.8 Å². The van der Waals surface area contributed by atoms with Crippen molar-refractivity contribution in [2.45, 2.75) is 28.5 Å². The van der Waals surface area contributed by atoms with Crippen LogP contribution in [0.3, 0.4) is 0 Å². The number of halogens is 1. The molecule has 4 rings (SSSR count). The Hall–Kier alpha value is -3.30. The van der Waals surface area contributed by atoms with Crippen LogP contribution in [0.2, 0.25) is 0 Å². The molecule has 9 heteroatoms. The first kappa shape index (κ1) is 22.9. The van der Waals surface area contributed by atoms with Crippen molar-refractivity contribution in [3.63, 3.8) is 0 Å². The summed E-state index contributed by atoms with van der Waals surface area (Å²) in [6.45, 7) is 3.73. The number of aromatic nitrogens is 1. The van der Waals surface area contributed by atoms with E-state index < -0.39 is 21.6 Å². The second-order valence-electron chi connectivity index (χ2n) is 7.49. The molecule has 0 radical (unpaired) electrons. The first-order valence-corrected chi connectivity index (χ1v) is 12.4. The number of carboxylic acids is 1. The lowest BCUT2D eigenvalue weighted by molar-refractivity contribution is -0.133. The number of ether oxygens (including phenoxy) is 1. The number of benzene rings is 3. The number of carboxylic acid groups (broad SMARTS) is 1. The molecule has 0 spiro atoms. The van der Waals surface area contributed by atoms with E-state index in [0.29, 0.717) is 22.4 Å². The van der Waals surface area contributed by atoms with Gasteiger partial charge in [0.1, 0.15) is 17.3 Å². The summed E-state index contributed by atoms with van der Waals surface area (Å²) in [5.74, 6) is -0.361. The van der Waals surface area contributed by atoms with Crippen molar-refractivity contribution in [2.24, 2.45) is 0 Å². The third kappa shape index (κ3) is 4.74. The van der Waals surface area contributed by atoms with Gasteiger partial charge in [0.2, 0.25) is 9.84 Å². The number of aryl methyl sites for hydroxylation is 2. The molecule has 4 aromatic rings. The molecule has 0 saturated carbocycles. The van der Waals surface area contributed by atoms with Gasteiger partial charge in [-0.25, -0.2) is 12.8 Å². The lowest BCUT2D eigenvalue weighted by Gasteiger charge is -2.14. The van der Waals surface area contributed by atoms with Gasteiger partial charge in [0.25, 0.3) is 0 Å². The van der Waals surface area contributed by atoms with Crippen LogP contribution in [-0.2, 0) is 14.6 Å². The van der Waals surface area contributed by atoms with Gasteiger partial charge in [-0.3, -0.25) is 4.79 Å². The van der Waals surface area contributed by atoms with Crippen molar-refractivity contribution < 1.29 is 27.4 Å². The largest absolute Gasteiger partial charge is 0.481 e. The van der Waals surface area contributed by atoms with Crippen LogP contribution in [0.1, 0.15) is 11.1 Å². The van der Waals surface area contributed by atoms with Gasteiger partial charge in [-0.15, -0.1) is 11.8 Å². The van der Waals surface area contributed by atoms with Crippen LogP contribution in [0, 0.1) is 19.7 Å². The Labute approximate surface area is 194 Å². The zero-order valence-electron chi connectivity index (χ0n) is 17.8. The molecule has 0 atom stereocenters. The lowest BCUT2D eigenvalue weighted by atomic mass is 10.1. The molecule has 0 amide bonds. The first-order chi connectivity index (χ1) is 15.6. The van der Waals surface area contributed by atoms with Crippen molar-refractivity contribution in [3.8, 4) is 11.5 Å². The van der Waals surface area contributed by atoms with Crippen molar-refractivity contribution >= 4 is 38.5 Å². The van der Waals surface area contributed by atoms with Gasteiger partial charge >= 0.3 is 5.97 Å². The summed E-state index contributed by atoms with van der Waals surface area (Å²) >= 11 is 1.23. The molecule has 2 N–H and O–H groups in total. The van der Waals surface area contributed by atoms with Gasteiger partial charge in [0, 0.05) is 22.0 Å². The van der Waals surface area contributed by atoms with Gasteiger partial charge in [-0.1, -0.05) is 0 Å². The van der Waals surface area contributed by atoms with E-state index in [1.54, 1.807) is 18.2 Å². The van der Waals surface area contributed by atoms with Crippen molar-refractivity contribution in [1.29, 1.82) is 0 Å². The molecule has 0 fully saturated rings. The number of rotatable bonds is 7. The SMILES string of the molecule is Cc1cc(SCC(=O)O)cc(C)c1Oc1ccc2[nH]cc(S(=O)(=O)c3ccc(F)cc3)c2c1. The summed E-state index contributed by atoms with van der Waals surface area (Å²) in [6.07, 6.45) is 1.41. The van der Waals surface area contributed by atoms with Crippen molar-refractivity contribution in [2.75, 3.05) is 5.75 Å². The molecular formula is C24H20FNO5S2. The van der Waals surface area contributed by atoms with Gasteiger partial charge < -0.3 is 14.8 Å². The third-order valence-electron chi connectivity index (χ3n) is 5.04. The molecule has 0 aliphatic rings. The maximum Gasteiger partial charge on any atom is 0.313 e. The smallest absolute Gasteiger partial charge is 0.313 e. The second kappa shape index (κ2) is 8.92. The van der Waals surface area contributed by atoms with E-state index >= 15 is 0 Å². The Morgan fingerprint density at radius 1 is 1.06 bits per heavy atom. The number of hydrogen-bond donors (Lipinski definition) is 2. The average Bonchev–Trinajstić information content (AvgIpc) is 3.19. The summed E-state index contributed by atoms with van der Waals surface area (Å²) in [4.78, 5) is 14.7. The number of nitrogens with one attached hydrogen (secondary N) is 1. The van der Waals surface area contributed by atoms with Crippen LogP contribution in [0.4, 0.5) is 4.39 Å². The molecule has 33 heavy (non-hydrogen) atoms. The summed E-state index contributed by atoms with van der Waals surface area (Å²) in [5, 5.41) is 9.35. The summed E-state index contributed by atoms with van der Waals surface area (Å²) in [5.41, 5.74) is 2.28. The van der Waals surface area contributed by atoms with E-state index in [1.807, 2.05) is 26.0 Å². The maximum atomic E-state index is 13.3. The highest BCUT2D eigenvalue weighted by Gasteiger charge is 2.22. The summed E-state index contributed by atoms with van der Waals surface area (Å²) in [6, 6.07) is 13.5. The van der Waals surface area contributed by atoms with E-state index in [2.05, 4.69) is 4.98 Å². The molecule has 6 nitrogen and oxygen atoms in total. The Kier molecular flexibility index (Phi) is 6.18.